The lowest BCUT2D eigenvalue weighted by molar-refractivity contribution is -0.0132. The van der Waals surface area contributed by atoms with Gasteiger partial charge in [-0.15, -0.1) is 0 Å². The Kier molecular flexibility index (Phi) is 45.1. The maximum Gasteiger partial charge on any atom is -0.0126 e. The van der Waals surface area contributed by atoms with Crippen molar-refractivity contribution in [3.8, 4) is 0 Å². The van der Waals surface area contributed by atoms with Crippen molar-refractivity contribution in [3.05, 3.63) is 46.1 Å². The summed E-state index contributed by atoms with van der Waals surface area (Å²) in [5, 5.41) is 0. The van der Waals surface area contributed by atoms with Crippen LogP contribution in [0, 0.1) is 94.7 Å². The van der Waals surface area contributed by atoms with E-state index in [0.717, 1.165) is 94.7 Å². The molecule has 0 spiro atoms. The Morgan fingerprint density at radius 1 is 0.513 bits per heavy atom. The van der Waals surface area contributed by atoms with Gasteiger partial charge in [0.25, 0.3) is 0 Å². The summed E-state index contributed by atoms with van der Waals surface area (Å²) in [6.07, 6.45) is 56.2. The average molecular weight is 1090 g/mol. The number of rotatable bonds is 20. The molecular weight excluding hydrogens is 937 g/mol. The summed E-state index contributed by atoms with van der Waals surface area (Å²) in [4.78, 5) is 0. The maximum atomic E-state index is 2.78. The predicted octanol–water partition coefficient (Wildman–Crippen LogP) is 27.7. The van der Waals surface area contributed by atoms with Gasteiger partial charge in [0.2, 0.25) is 0 Å². The molecule has 7 rings (SSSR count). The van der Waals surface area contributed by atoms with Crippen LogP contribution in [0.1, 0.15) is 359 Å². The summed E-state index contributed by atoms with van der Waals surface area (Å²) in [6, 6.07) is 0. The van der Waals surface area contributed by atoms with Crippen molar-refractivity contribution < 1.29 is 0 Å². The molecule has 7 aliphatic carbocycles. The molecule has 0 saturated heterocycles. The lowest BCUT2D eigenvalue weighted by Gasteiger charge is -2.54. The first-order chi connectivity index (χ1) is 36.1. The van der Waals surface area contributed by atoms with Gasteiger partial charge in [-0.2, -0.15) is 0 Å². The van der Waals surface area contributed by atoms with Crippen LogP contribution >= 0.6 is 0 Å². The molecule has 0 aliphatic heterocycles. The molecular formula is C78H152. The van der Waals surface area contributed by atoms with Gasteiger partial charge in [-0.05, 0) is 215 Å². The molecule has 0 aromatic carbocycles. The second-order valence-corrected chi connectivity index (χ2v) is 26.2. The quantitative estimate of drug-likeness (QED) is 0.107. The first-order valence-corrected chi connectivity index (χ1v) is 34.9. The summed E-state index contributed by atoms with van der Waals surface area (Å²) >= 11 is 0. The predicted molar refractivity (Wildman–Crippen MR) is 363 cm³/mol. The molecule has 7 aliphatic rings. The van der Waals surface area contributed by atoms with E-state index >= 15 is 0 Å². The molecule has 0 nitrogen and oxygen atoms in total. The largest absolute Gasteiger partial charge is 0.0842 e. The first-order valence-electron chi connectivity index (χ1n) is 34.9. The van der Waals surface area contributed by atoms with Gasteiger partial charge in [0.15, 0.2) is 0 Å². The summed E-state index contributed by atoms with van der Waals surface area (Å²) in [6.45, 7) is 38.8. The minimum atomic E-state index is 0. The van der Waals surface area contributed by atoms with Crippen molar-refractivity contribution in [3.63, 3.8) is 0 Å². The Hall–Kier alpha value is -1.04. The van der Waals surface area contributed by atoms with E-state index in [-0.39, 0.29) is 29.7 Å². The lowest BCUT2D eigenvalue weighted by Crippen LogP contribution is -2.46. The van der Waals surface area contributed by atoms with E-state index in [1.165, 1.54) is 167 Å². The zero-order valence-corrected chi connectivity index (χ0v) is 53.8. The standard InChI is InChI=1S/C66H112.4C2H6.4CH4/c1-10-24-53-39-38-51(44-52(53)12-3)45-56(25-11-2)66-62-34-22-20-32-60(62)65(61-33-21-23-35-63(61)66)55-42-40-54(41-43-55)64-50(9)28-14-13-15-29-57(58-30-18-19-31-59(58)64)49(8)37-36-48(7)47(6)27-17-16-26-46(4)5;4*1-2;;;;/h22,34,44,46-50,54-61,63-65H,10-21,23-33,35-43,45H2,1-9H3;4*1-2H3;4*1H4. The van der Waals surface area contributed by atoms with Crippen molar-refractivity contribution in [1.82, 2.24) is 0 Å². The highest BCUT2D eigenvalue weighted by Crippen LogP contribution is 2.60. The molecule has 0 bridgehead atoms. The van der Waals surface area contributed by atoms with Gasteiger partial charge in [-0.25, -0.2) is 0 Å². The topological polar surface area (TPSA) is 0 Å². The minimum absolute atomic E-state index is 0. The molecule has 4 fully saturated rings. The molecule has 464 valence electrons. The van der Waals surface area contributed by atoms with E-state index in [4.69, 9.17) is 0 Å². The van der Waals surface area contributed by atoms with Crippen LogP contribution < -0.4 is 0 Å². The fourth-order valence-corrected chi connectivity index (χ4v) is 18.0. The van der Waals surface area contributed by atoms with Crippen LogP contribution in [0.3, 0.4) is 0 Å². The molecule has 0 heterocycles. The number of hydrogen-bond acceptors (Lipinski definition) is 0. The van der Waals surface area contributed by atoms with Gasteiger partial charge in [0.1, 0.15) is 0 Å². The SMILES string of the molecule is C.C.C.C.CC.CC.CC.CC.CCCC1=C(CC)C=C(CC(CCC)C2=C3C=CCCC3C(C3CCC(C4C(C)CCCCCC(C(C)CCC(C)C(C)CCCCC(C)C)C5CCCCC54)CC3)C3CCCCC23)CC1. The van der Waals surface area contributed by atoms with Gasteiger partial charge >= 0.3 is 0 Å². The number of hydrogen-bond donors (Lipinski definition) is 0. The lowest BCUT2D eigenvalue weighted by atomic mass is 9.50. The second kappa shape index (κ2) is 44.5. The van der Waals surface area contributed by atoms with E-state index < -0.39 is 0 Å². The van der Waals surface area contributed by atoms with Crippen molar-refractivity contribution >= 4 is 0 Å². The molecule has 0 aromatic rings. The molecule has 0 heteroatoms. The molecule has 0 radical (unpaired) electrons. The van der Waals surface area contributed by atoms with E-state index in [2.05, 4.69) is 80.5 Å². The zero-order chi connectivity index (χ0) is 54.6. The van der Waals surface area contributed by atoms with Crippen molar-refractivity contribution in [2.24, 2.45) is 94.7 Å². The zero-order valence-electron chi connectivity index (χ0n) is 53.8. The maximum absolute atomic E-state index is 2.78. The normalized spacial score (nSPS) is 30.2. The van der Waals surface area contributed by atoms with Crippen LogP contribution in [0.15, 0.2) is 46.1 Å². The monoisotopic (exact) mass is 1090 g/mol. The van der Waals surface area contributed by atoms with E-state index in [9.17, 15) is 0 Å². The highest BCUT2D eigenvalue weighted by molar-refractivity contribution is 5.40. The first kappa shape index (κ1) is 79.0. The van der Waals surface area contributed by atoms with Gasteiger partial charge < -0.3 is 0 Å². The van der Waals surface area contributed by atoms with E-state index in [1.807, 2.05) is 66.5 Å². The van der Waals surface area contributed by atoms with Crippen molar-refractivity contribution in [1.29, 1.82) is 0 Å². The Balaban J connectivity index is 0. The van der Waals surface area contributed by atoms with Crippen LogP contribution in [0.4, 0.5) is 0 Å². The summed E-state index contributed by atoms with van der Waals surface area (Å²) in [5.41, 5.74) is 9.24. The third-order valence-electron chi connectivity index (χ3n) is 21.6. The van der Waals surface area contributed by atoms with Crippen molar-refractivity contribution in [2.75, 3.05) is 0 Å². The molecule has 0 N–H and O–H groups in total. The van der Waals surface area contributed by atoms with Crippen LogP contribution in [-0.4, -0.2) is 0 Å². The van der Waals surface area contributed by atoms with Gasteiger partial charge in [-0.3, -0.25) is 0 Å². The van der Waals surface area contributed by atoms with Crippen molar-refractivity contribution in [2.45, 2.75) is 359 Å². The molecule has 0 amide bonds. The van der Waals surface area contributed by atoms with Gasteiger partial charge in [0.05, 0.1) is 0 Å². The molecule has 13 unspecified atom stereocenters. The van der Waals surface area contributed by atoms with Crippen LogP contribution in [0.5, 0.6) is 0 Å². The number of unbranched alkanes of at least 4 members (excludes halogenated alkanes) is 1. The Morgan fingerprint density at radius 3 is 1.69 bits per heavy atom. The highest BCUT2D eigenvalue weighted by atomic mass is 14.6. The van der Waals surface area contributed by atoms with E-state index in [0.29, 0.717) is 0 Å². The summed E-state index contributed by atoms with van der Waals surface area (Å²) in [5.74, 6) is 14.8. The third-order valence-corrected chi connectivity index (χ3v) is 21.6. The smallest absolute Gasteiger partial charge is 0.0126 e. The number of fused-ring (bicyclic) bond motifs is 3. The molecule has 0 aromatic heterocycles. The fraction of sp³-hybridized carbons (Fsp3) is 0.897. The fourth-order valence-electron chi connectivity index (χ4n) is 18.0. The third kappa shape index (κ3) is 22.5. The van der Waals surface area contributed by atoms with Crippen LogP contribution in [0.25, 0.3) is 0 Å². The molecule has 4 saturated carbocycles. The number of allylic oxidation sites excluding steroid dienone is 8. The minimum Gasteiger partial charge on any atom is -0.0842 e. The van der Waals surface area contributed by atoms with Crippen LogP contribution in [0.2, 0.25) is 0 Å². The van der Waals surface area contributed by atoms with E-state index in [1.54, 1.807) is 61.7 Å². The second-order valence-electron chi connectivity index (χ2n) is 26.2. The summed E-state index contributed by atoms with van der Waals surface area (Å²) < 4.78 is 0. The van der Waals surface area contributed by atoms with Gasteiger partial charge in [-0.1, -0.05) is 285 Å². The highest BCUT2D eigenvalue weighted by Gasteiger charge is 2.50. The molecule has 13 atom stereocenters. The van der Waals surface area contributed by atoms with Gasteiger partial charge in [0, 0.05) is 0 Å². The Labute approximate surface area is 497 Å². The summed E-state index contributed by atoms with van der Waals surface area (Å²) in [7, 11) is 0. The average Bonchev–Trinajstić information content (AvgIpc) is 3.48. The van der Waals surface area contributed by atoms with Crippen LogP contribution in [-0.2, 0) is 0 Å². The Morgan fingerprint density at radius 2 is 1.08 bits per heavy atom. The Bertz CT molecular complexity index is 1560. The molecule has 78 heavy (non-hydrogen) atoms.